The van der Waals surface area contributed by atoms with Crippen LogP contribution >= 0.6 is 0 Å². The summed E-state index contributed by atoms with van der Waals surface area (Å²) in [6, 6.07) is 5.47. The fourth-order valence-corrected chi connectivity index (χ4v) is 1.70. The molecular formula is C13H9FN2O3. The Morgan fingerprint density at radius 3 is 2.79 bits per heavy atom. The zero-order valence-electron chi connectivity index (χ0n) is 9.92. The molecule has 0 atom stereocenters. The zero-order chi connectivity index (χ0) is 13.4. The normalized spacial score (nSPS) is 10.8. The lowest BCUT2D eigenvalue weighted by Crippen LogP contribution is -1.85. The minimum absolute atomic E-state index is 0.0308. The Kier molecular flexibility index (Phi) is 2.56. The van der Waals surface area contributed by atoms with Gasteiger partial charge in [0.2, 0.25) is 5.82 Å². The summed E-state index contributed by atoms with van der Waals surface area (Å²) < 4.78 is 23.9. The molecule has 0 unspecified atom stereocenters. The van der Waals surface area contributed by atoms with Crippen molar-refractivity contribution in [3.63, 3.8) is 0 Å². The average Bonchev–Trinajstić information content (AvgIpc) is 2.97. The predicted octanol–water partition coefficient (Wildman–Crippen LogP) is 3.15. The van der Waals surface area contributed by atoms with Gasteiger partial charge in [-0.2, -0.15) is 4.98 Å². The maximum atomic E-state index is 13.7. The topological polar surface area (TPSA) is 72.3 Å². The van der Waals surface area contributed by atoms with Crippen LogP contribution in [0.25, 0.3) is 23.0 Å². The number of aromatic nitrogens is 2. The van der Waals surface area contributed by atoms with Gasteiger partial charge in [-0.1, -0.05) is 5.16 Å². The monoisotopic (exact) mass is 260 g/mol. The van der Waals surface area contributed by atoms with Crippen LogP contribution < -0.4 is 0 Å². The van der Waals surface area contributed by atoms with E-state index in [9.17, 15) is 4.39 Å². The van der Waals surface area contributed by atoms with Crippen LogP contribution in [-0.4, -0.2) is 15.2 Å². The van der Waals surface area contributed by atoms with Gasteiger partial charge in [-0.25, -0.2) is 4.39 Å². The van der Waals surface area contributed by atoms with Crippen molar-refractivity contribution in [2.45, 2.75) is 6.92 Å². The summed E-state index contributed by atoms with van der Waals surface area (Å²) in [5.74, 6) is -0.0308. The summed E-state index contributed by atoms with van der Waals surface area (Å²) in [5, 5.41) is 12.9. The van der Waals surface area contributed by atoms with Crippen molar-refractivity contribution >= 4 is 0 Å². The van der Waals surface area contributed by atoms with E-state index in [2.05, 4.69) is 10.1 Å². The Labute approximate surface area is 107 Å². The Morgan fingerprint density at radius 1 is 1.26 bits per heavy atom. The van der Waals surface area contributed by atoms with Crippen molar-refractivity contribution in [3.05, 3.63) is 41.9 Å². The molecule has 0 spiro atoms. The molecule has 0 saturated heterocycles. The van der Waals surface area contributed by atoms with Gasteiger partial charge in [-0.05, 0) is 30.7 Å². The Balaban J connectivity index is 2.04. The highest BCUT2D eigenvalue weighted by atomic mass is 19.1. The molecule has 0 fully saturated rings. The van der Waals surface area contributed by atoms with Crippen molar-refractivity contribution in [2.24, 2.45) is 0 Å². The Hall–Kier alpha value is -2.63. The van der Waals surface area contributed by atoms with Crippen LogP contribution in [0.2, 0.25) is 0 Å². The summed E-state index contributed by atoms with van der Waals surface area (Å²) >= 11 is 0. The fraction of sp³-hybridized carbons (Fsp3) is 0.0769. The lowest BCUT2D eigenvalue weighted by Gasteiger charge is -1.97. The van der Waals surface area contributed by atoms with Gasteiger partial charge >= 0.3 is 0 Å². The molecule has 1 aromatic carbocycles. The van der Waals surface area contributed by atoms with E-state index in [4.69, 9.17) is 14.0 Å². The van der Waals surface area contributed by atoms with Crippen LogP contribution in [0.1, 0.15) is 5.56 Å². The molecule has 0 aliphatic heterocycles. The van der Waals surface area contributed by atoms with E-state index < -0.39 is 5.82 Å². The van der Waals surface area contributed by atoms with E-state index in [1.807, 2.05) is 6.92 Å². The van der Waals surface area contributed by atoms with Crippen molar-refractivity contribution in [1.82, 2.24) is 10.1 Å². The number of halogens is 1. The molecule has 3 aromatic rings. The standard InChI is InChI=1S/C13H9FN2O3/c1-7-4-5-18-11(7)12-15-13(19-16-12)9-3-2-8(17)6-10(9)14/h2-6,17H,1H3. The van der Waals surface area contributed by atoms with Crippen LogP contribution in [-0.2, 0) is 0 Å². The maximum Gasteiger partial charge on any atom is 0.261 e. The average molecular weight is 260 g/mol. The summed E-state index contributed by atoms with van der Waals surface area (Å²) in [4.78, 5) is 4.08. The smallest absolute Gasteiger partial charge is 0.261 e. The van der Waals surface area contributed by atoms with Gasteiger partial charge < -0.3 is 14.0 Å². The number of hydrogen-bond donors (Lipinski definition) is 1. The quantitative estimate of drug-likeness (QED) is 0.766. The Bertz CT molecular complexity index is 733. The van der Waals surface area contributed by atoms with Gasteiger partial charge in [0.1, 0.15) is 11.6 Å². The van der Waals surface area contributed by atoms with E-state index in [1.165, 1.54) is 18.4 Å². The molecule has 0 radical (unpaired) electrons. The minimum atomic E-state index is -0.633. The highest BCUT2D eigenvalue weighted by Gasteiger charge is 2.17. The third kappa shape index (κ3) is 1.97. The minimum Gasteiger partial charge on any atom is -0.508 e. The summed E-state index contributed by atoms with van der Waals surface area (Å²) in [6.07, 6.45) is 1.52. The van der Waals surface area contributed by atoms with E-state index in [0.717, 1.165) is 11.6 Å². The Morgan fingerprint density at radius 2 is 2.11 bits per heavy atom. The molecular weight excluding hydrogens is 251 g/mol. The predicted molar refractivity (Wildman–Crippen MR) is 63.8 cm³/mol. The van der Waals surface area contributed by atoms with E-state index >= 15 is 0 Å². The molecule has 0 amide bonds. The second-order valence-electron chi connectivity index (χ2n) is 4.02. The van der Waals surface area contributed by atoms with Crippen molar-refractivity contribution < 1.29 is 18.4 Å². The molecule has 2 heterocycles. The summed E-state index contributed by atoms with van der Waals surface area (Å²) in [7, 11) is 0. The number of furan rings is 1. The van der Waals surface area contributed by atoms with E-state index in [1.54, 1.807) is 6.07 Å². The highest BCUT2D eigenvalue weighted by molar-refractivity contribution is 5.59. The molecule has 96 valence electrons. The molecule has 1 N–H and O–H groups in total. The van der Waals surface area contributed by atoms with Crippen molar-refractivity contribution in [3.8, 4) is 28.8 Å². The first kappa shape index (κ1) is 11.5. The third-order valence-corrected chi connectivity index (χ3v) is 2.67. The van der Waals surface area contributed by atoms with Crippen LogP contribution in [0.5, 0.6) is 5.75 Å². The third-order valence-electron chi connectivity index (χ3n) is 2.67. The first-order valence-corrected chi connectivity index (χ1v) is 5.52. The van der Waals surface area contributed by atoms with Gasteiger partial charge in [-0.15, -0.1) is 0 Å². The second-order valence-corrected chi connectivity index (χ2v) is 4.02. The van der Waals surface area contributed by atoms with Crippen molar-refractivity contribution in [1.29, 1.82) is 0 Å². The molecule has 5 nitrogen and oxygen atoms in total. The first-order valence-electron chi connectivity index (χ1n) is 5.52. The number of rotatable bonds is 2. The lowest BCUT2D eigenvalue weighted by molar-refractivity contribution is 0.426. The number of benzene rings is 1. The molecule has 0 aliphatic carbocycles. The SMILES string of the molecule is Cc1ccoc1-c1noc(-c2ccc(O)cc2F)n1. The number of phenolic OH excluding ortho intramolecular Hbond substituents is 1. The lowest BCUT2D eigenvalue weighted by atomic mass is 10.2. The molecule has 2 aromatic heterocycles. The second kappa shape index (κ2) is 4.24. The molecule has 6 heteroatoms. The van der Waals surface area contributed by atoms with E-state index in [0.29, 0.717) is 5.76 Å². The van der Waals surface area contributed by atoms with Gasteiger partial charge in [0.25, 0.3) is 5.89 Å². The summed E-state index contributed by atoms with van der Waals surface area (Å²) in [5.41, 5.74) is 0.985. The van der Waals surface area contributed by atoms with Gasteiger partial charge in [0.15, 0.2) is 5.76 Å². The maximum absolute atomic E-state index is 13.7. The molecule has 0 bridgehead atoms. The molecule has 19 heavy (non-hydrogen) atoms. The van der Waals surface area contributed by atoms with Gasteiger partial charge in [0, 0.05) is 6.07 Å². The van der Waals surface area contributed by atoms with Crippen molar-refractivity contribution in [2.75, 3.05) is 0 Å². The van der Waals surface area contributed by atoms with Gasteiger partial charge in [-0.3, -0.25) is 0 Å². The van der Waals surface area contributed by atoms with Crippen LogP contribution in [0, 0.1) is 12.7 Å². The van der Waals surface area contributed by atoms with Crippen LogP contribution in [0.4, 0.5) is 4.39 Å². The molecule has 0 aliphatic rings. The number of phenols is 1. The fourth-order valence-electron chi connectivity index (χ4n) is 1.70. The van der Waals surface area contributed by atoms with Crippen LogP contribution in [0.15, 0.2) is 39.5 Å². The molecule has 3 rings (SSSR count). The molecule has 0 saturated carbocycles. The largest absolute Gasteiger partial charge is 0.508 e. The number of nitrogens with zero attached hydrogens (tertiary/aromatic N) is 2. The summed E-state index contributed by atoms with van der Waals surface area (Å²) in [6.45, 7) is 1.84. The number of hydrogen-bond acceptors (Lipinski definition) is 5. The highest BCUT2D eigenvalue weighted by Crippen LogP contribution is 2.27. The number of aromatic hydroxyl groups is 1. The van der Waals surface area contributed by atoms with Gasteiger partial charge in [0.05, 0.1) is 11.8 Å². The number of aryl methyl sites for hydroxylation is 1. The van der Waals surface area contributed by atoms with Crippen LogP contribution in [0.3, 0.4) is 0 Å². The first-order chi connectivity index (χ1) is 9.15. The zero-order valence-corrected chi connectivity index (χ0v) is 9.92. The van der Waals surface area contributed by atoms with E-state index in [-0.39, 0.29) is 23.0 Å².